The molecular weight excluding hydrogens is 370 g/mol. The molecule has 1 aliphatic carbocycles. The highest BCUT2D eigenvalue weighted by Crippen LogP contribution is 2.23. The number of carbonyl (C=O) groups excluding carboxylic acids is 2. The van der Waals surface area contributed by atoms with Gasteiger partial charge in [-0.2, -0.15) is 4.80 Å². The molecule has 144 valence electrons. The molecule has 3 rings (SSSR count). The lowest BCUT2D eigenvalue weighted by Gasteiger charge is -2.29. The molecule has 1 fully saturated rings. The lowest BCUT2D eigenvalue weighted by Crippen LogP contribution is -2.43. The van der Waals surface area contributed by atoms with E-state index >= 15 is 0 Å². The van der Waals surface area contributed by atoms with Crippen molar-refractivity contribution in [3.05, 3.63) is 29.3 Å². The van der Waals surface area contributed by atoms with Crippen LogP contribution in [-0.4, -0.2) is 44.7 Å². The van der Waals surface area contributed by atoms with Gasteiger partial charge in [0.05, 0.1) is 0 Å². The second kappa shape index (κ2) is 8.94. The van der Waals surface area contributed by atoms with Gasteiger partial charge < -0.3 is 10.1 Å². The fourth-order valence-corrected chi connectivity index (χ4v) is 3.24. The van der Waals surface area contributed by atoms with E-state index in [1.807, 2.05) is 0 Å². The lowest BCUT2D eigenvalue weighted by molar-refractivity contribution is -0.149. The molecule has 2 aromatic rings. The van der Waals surface area contributed by atoms with Crippen LogP contribution in [0.4, 0.5) is 0 Å². The third kappa shape index (κ3) is 5.50. The number of nitrogens with one attached hydrogen (secondary N) is 1. The van der Waals surface area contributed by atoms with E-state index in [4.69, 9.17) is 16.3 Å². The topological polar surface area (TPSA) is 99.0 Å². The molecule has 8 nitrogen and oxygen atoms in total. The first-order valence-corrected chi connectivity index (χ1v) is 9.38. The van der Waals surface area contributed by atoms with Gasteiger partial charge >= 0.3 is 5.97 Å². The summed E-state index contributed by atoms with van der Waals surface area (Å²) in [6, 6.07) is 7.12. The SMILES string of the molecule is C[C@@H]1CCCC[C@H]1NC(=O)COC(=O)Cn1nnc(-c2ccc(Cl)cc2)n1. The van der Waals surface area contributed by atoms with Gasteiger partial charge in [0.25, 0.3) is 5.91 Å². The van der Waals surface area contributed by atoms with Gasteiger partial charge in [-0.3, -0.25) is 4.79 Å². The summed E-state index contributed by atoms with van der Waals surface area (Å²) in [5, 5.41) is 15.4. The zero-order valence-corrected chi connectivity index (χ0v) is 15.9. The molecule has 0 unspecified atom stereocenters. The quantitative estimate of drug-likeness (QED) is 0.758. The Morgan fingerprint density at radius 3 is 2.74 bits per heavy atom. The second-order valence-electron chi connectivity index (χ2n) is 6.75. The van der Waals surface area contributed by atoms with Gasteiger partial charge in [-0.15, -0.1) is 10.2 Å². The van der Waals surface area contributed by atoms with E-state index in [0.717, 1.165) is 29.6 Å². The van der Waals surface area contributed by atoms with Crippen molar-refractivity contribution in [2.45, 2.75) is 45.2 Å². The van der Waals surface area contributed by atoms with E-state index in [0.29, 0.717) is 16.8 Å². The van der Waals surface area contributed by atoms with Crippen LogP contribution in [0.3, 0.4) is 0 Å². The highest BCUT2D eigenvalue weighted by atomic mass is 35.5. The van der Waals surface area contributed by atoms with E-state index in [9.17, 15) is 9.59 Å². The Morgan fingerprint density at radius 1 is 1.26 bits per heavy atom. The van der Waals surface area contributed by atoms with Crippen LogP contribution in [0, 0.1) is 5.92 Å². The Bertz CT molecular complexity index is 793. The van der Waals surface area contributed by atoms with Crippen LogP contribution in [0.2, 0.25) is 5.02 Å². The maximum Gasteiger partial charge on any atom is 0.330 e. The molecule has 0 aliphatic heterocycles. The summed E-state index contributed by atoms with van der Waals surface area (Å²) in [5.74, 6) is -0.0510. The number of halogens is 1. The molecule has 1 saturated carbocycles. The molecule has 1 heterocycles. The summed E-state index contributed by atoms with van der Waals surface area (Å²) in [6.45, 7) is 1.61. The number of aromatic nitrogens is 4. The highest BCUT2D eigenvalue weighted by Gasteiger charge is 2.23. The van der Waals surface area contributed by atoms with Crippen molar-refractivity contribution in [1.29, 1.82) is 0 Å². The third-order valence-corrected chi connectivity index (χ3v) is 4.90. The van der Waals surface area contributed by atoms with E-state index in [-0.39, 0.29) is 25.1 Å². The number of hydrogen-bond donors (Lipinski definition) is 1. The average molecular weight is 392 g/mol. The molecule has 1 amide bonds. The van der Waals surface area contributed by atoms with Crippen molar-refractivity contribution in [2.75, 3.05) is 6.61 Å². The normalized spacial score (nSPS) is 19.5. The molecule has 1 aromatic carbocycles. The van der Waals surface area contributed by atoms with Gasteiger partial charge in [0.15, 0.2) is 13.2 Å². The third-order valence-electron chi connectivity index (χ3n) is 4.65. The highest BCUT2D eigenvalue weighted by molar-refractivity contribution is 6.30. The second-order valence-corrected chi connectivity index (χ2v) is 7.18. The van der Waals surface area contributed by atoms with Crippen LogP contribution in [0.25, 0.3) is 11.4 Å². The van der Waals surface area contributed by atoms with Crippen LogP contribution in [0.15, 0.2) is 24.3 Å². The Morgan fingerprint density at radius 2 is 2.00 bits per heavy atom. The van der Waals surface area contributed by atoms with Crippen LogP contribution >= 0.6 is 11.6 Å². The number of amides is 1. The monoisotopic (exact) mass is 391 g/mol. The first-order valence-electron chi connectivity index (χ1n) is 9.00. The summed E-state index contributed by atoms with van der Waals surface area (Å²) in [7, 11) is 0. The van der Waals surface area contributed by atoms with E-state index in [1.54, 1.807) is 24.3 Å². The lowest BCUT2D eigenvalue weighted by atomic mass is 9.86. The number of ether oxygens (including phenoxy) is 1. The summed E-state index contributed by atoms with van der Waals surface area (Å²) in [6.07, 6.45) is 4.39. The van der Waals surface area contributed by atoms with Crippen molar-refractivity contribution in [2.24, 2.45) is 5.92 Å². The van der Waals surface area contributed by atoms with Gasteiger partial charge in [0.1, 0.15) is 0 Å². The van der Waals surface area contributed by atoms with Crippen LogP contribution in [0.5, 0.6) is 0 Å². The molecule has 1 aliphatic rings. The number of esters is 1. The van der Waals surface area contributed by atoms with Gasteiger partial charge in [0.2, 0.25) is 5.82 Å². The molecule has 0 radical (unpaired) electrons. The van der Waals surface area contributed by atoms with Gasteiger partial charge in [-0.05, 0) is 48.2 Å². The zero-order valence-electron chi connectivity index (χ0n) is 15.1. The molecular formula is C18H22ClN5O3. The van der Waals surface area contributed by atoms with Crippen LogP contribution < -0.4 is 5.32 Å². The fraction of sp³-hybridized carbons (Fsp3) is 0.500. The average Bonchev–Trinajstić information content (AvgIpc) is 3.11. The van der Waals surface area contributed by atoms with Gasteiger partial charge in [-0.25, -0.2) is 4.79 Å². The molecule has 27 heavy (non-hydrogen) atoms. The number of carbonyl (C=O) groups is 2. The summed E-state index contributed by atoms with van der Waals surface area (Å²) in [5.41, 5.74) is 0.736. The first kappa shape index (κ1) is 19.3. The summed E-state index contributed by atoms with van der Waals surface area (Å²) in [4.78, 5) is 25.0. The maximum absolute atomic E-state index is 12.0. The Kier molecular flexibility index (Phi) is 6.39. The molecule has 2 atom stereocenters. The standard InChI is InChI=1S/C18H22ClN5O3/c1-12-4-2-3-5-15(12)20-16(25)11-27-17(26)10-24-22-18(21-23-24)13-6-8-14(19)9-7-13/h6-9,12,15H,2-5,10-11H2,1H3,(H,20,25)/t12-,15-/m1/s1. The molecule has 0 spiro atoms. The number of tetrazole rings is 1. The van der Waals surface area contributed by atoms with E-state index in [1.165, 1.54) is 6.42 Å². The van der Waals surface area contributed by atoms with E-state index < -0.39 is 5.97 Å². The number of hydrogen-bond acceptors (Lipinski definition) is 6. The molecule has 1 N–H and O–H groups in total. The predicted molar refractivity (Wildman–Crippen MR) is 98.8 cm³/mol. The van der Waals surface area contributed by atoms with Gasteiger partial charge in [0, 0.05) is 16.6 Å². The Balaban J connectivity index is 1.45. The first-order chi connectivity index (χ1) is 13.0. The minimum Gasteiger partial charge on any atom is -0.454 e. The molecule has 9 heteroatoms. The maximum atomic E-state index is 12.0. The van der Waals surface area contributed by atoms with Crippen molar-refractivity contribution >= 4 is 23.5 Å². The van der Waals surface area contributed by atoms with E-state index in [2.05, 4.69) is 27.7 Å². The predicted octanol–water partition coefficient (Wildman–Crippen LogP) is 2.23. The minimum absolute atomic E-state index is 0.156. The molecule has 0 bridgehead atoms. The summed E-state index contributed by atoms with van der Waals surface area (Å²) < 4.78 is 5.02. The summed E-state index contributed by atoms with van der Waals surface area (Å²) >= 11 is 5.85. The van der Waals surface area contributed by atoms with Gasteiger partial charge in [-0.1, -0.05) is 31.4 Å². The van der Waals surface area contributed by atoms with Crippen molar-refractivity contribution in [3.8, 4) is 11.4 Å². The molecule has 0 saturated heterocycles. The van der Waals surface area contributed by atoms with Crippen molar-refractivity contribution in [1.82, 2.24) is 25.5 Å². The smallest absolute Gasteiger partial charge is 0.330 e. The van der Waals surface area contributed by atoms with Crippen molar-refractivity contribution in [3.63, 3.8) is 0 Å². The Hall–Kier alpha value is -2.48. The fourth-order valence-electron chi connectivity index (χ4n) is 3.11. The van der Waals surface area contributed by atoms with Crippen LogP contribution in [0.1, 0.15) is 32.6 Å². The zero-order chi connectivity index (χ0) is 19.2. The Labute approximate surface area is 162 Å². The van der Waals surface area contributed by atoms with Crippen LogP contribution in [-0.2, 0) is 20.9 Å². The number of rotatable bonds is 6. The number of nitrogens with zero attached hydrogens (tertiary/aromatic N) is 4. The number of benzene rings is 1. The van der Waals surface area contributed by atoms with Crippen molar-refractivity contribution < 1.29 is 14.3 Å². The molecule has 1 aromatic heterocycles. The minimum atomic E-state index is -0.595. The largest absolute Gasteiger partial charge is 0.454 e.